The lowest BCUT2D eigenvalue weighted by Crippen LogP contribution is -2.16. The largest absolute Gasteiger partial charge is 0.495 e. The maximum Gasteiger partial charge on any atom is 0.275 e. The number of hydrogen-bond donors (Lipinski definition) is 2. The molecule has 0 aliphatic carbocycles. The number of rotatable bonds is 4. The van der Waals surface area contributed by atoms with Gasteiger partial charge in [-0.1, -0.05) is 12.1 Å². The molecule has 0 fully saturated rings. The highest BCUT2D eigenvalue weighted by molar-refractivity contribution is 6.04. The van der Waals surface area contributed by atoms with Gasteiger partial charge in [0.2, 0.25) is 5.91 Å². The molecule has 1 heterocycles. The molecule has 0 unspecified atom stereocenters. The van der Waals surface area contributed by atoms with Crippen LogP contribution in [0.2, 0.25) is 0 Å². The first-order valence-electron chi connectivity index (χ1n) is 7.09. The Morgan fingerprint density at radius 2 is 1.88 bits per heavy atom. The van der Waals surface area contributed by atoms with Crippen LogP contribution in [0.15, 0.2) is 48.7 Å². The number of nitrogens with zero attached hydrogens (tertiary/aromatic N) is 2. The maximum absolute atomic E-state index is 12.4. The van der Waals surface area contributed by atoms with Crippen molar-refractivity contribution in [3.63, 3.8) is 0 Å². The molecule has 3 aromatic rings. The van der Waals surface area contributed by atoms with Gasteiger partial charge in [-0.3, -0.25) is 14.6 Å². The Bertz CT molecular complexity index is 940. The van der Waals surface area contributed by atoms with Crippen LogP contribution in [0.25, 0.3) is 11.0 Å². The zero-order valence-corrected chi connectivity index (χ0v) is 12.8. The first kappa shape index (κ1) is 15.4. The molecule has 120 valence electrons. The molecule has 0 bridgehead atoms. The van der Waals surface area contributed by atoms with Crippen LogP contribution in [0, 0.1) is 0 Å². The summed E-state index contributed by atoms with van der Waals surface area (Å²) in [6.07, 6.45) is 1.40. The summed E-state index contributed by atoms with van der Waals surface area (Å²) in [5.74, 6) is -0.682. The van der Waals surface area contributed by atoms with Gasteiger partial charge in [0.15, 0.2) is 0 Å². The first-order valence-corrected chi connectivity index (χ1v) is 7.09. The predicted molar refractivity (Wildman–Crippen MR) is 89.0 cm³/mol. The summed E-state index contributed by atoms with van der Waals surface area (Å²) in [6.45, 7) is 0. The van der Waals surface area contributed by atoms with Crippen LogP contribution in [0.4, 0.5) is 5.69 Å². The van der Waals surface area contributed by atoms with Gasteiger partial charge >= 0.3 is 0 Å². The van der Waals surface area contributed by atoms with E-state index in [1.807, 2.05) is 18.2 Å². The average Bonchev–Trinajstić information content (AvgIpc) is 2.61. The topological polar surface area (TPSA) is 107 Å². The van der Waals surface area contributed by atoms with Crippen molar-refractivity contribution in [1.82, 2.24) is 9.97 Å². The molecule has 7 heteroatoms. The van der Waals surface area contributed by atoms with Gasteiger partial charge in [-0.15, -0.1) is 0 Å². The first-order chi connectivity index (χ1) is 11.6. The molecule has 2 amide bonds. The minimum Gasteiger partial charge on any atom is -0.495 e. The summed E-state index contributed by atoms with van der Waals surface area (Å²) in [5, 5.41) is 2.69. The molecule has 7 nitrogen and oxygen atoms in total. The molecule has 2 aromatic carbocycles. The van der Waals surface area contributed by atoms with E-state index in [2.05, 4.69) is 15.3 Å². The third-order valence-corrected chi connectivity index (χ3v) is 3.42. The molecule has 0 saturated heterocycles. The van der Waals surface area contributed by atoms with Gasteiger partial charge in [-0.25, -0.2) is 4.98 Å². The fourth-order valence-corrected chi connectivity index (χ4v) is 2.20. The van der Waals surface area contributed by atoms with E-state index in [4.69, 9.17) is 10.5 Å². The van der Waals surface area contributed by atoms with Crippen molar-refractivity contribution in [2.75, 3.05) is 12.4 Å². The molecule has 0 saturated carbocycles. The fraction of sp³-hybridized carbons (Fsp3) is 0.0588. The number of primary amides is 1. The van der Waals surface area contributed by atoms with Crippen LogP contribution >= 0.6 is 0 Å². The molecule has 3 rings (SSSR count). The summed E-state index contributed by atoms with van der Waals surface area (Å²) in [6, 6.07) is 11.8. The molecule has 0 radical (unpaired) electrons. The number of carbonyl (C=O) groups is 2. The van der Waals surface area contributed by atoms with E-state index in [0.29, 0.717) is 22.5 Å². The quantitative estimate of drug-likeness (QED) is 0.764. The van der Waals surface area contributed by atoms with Crippen LogP contribution in [0.1, 0.15) is 20.8 Å². The van der Waals surface area contributed by atoms with Crippen LogP contribution < -0.4 is 15.8 Å². The number of para-hydroxylation sites is 2. The van der Waals surface area contributed by atoms with E-state index >= 15 is 0 Å². The molecule has 0 aliphatic rings. The Balaban J connectivity index is 1.89. The maximum atomic E-state index is 12.4. The number of nitrogens with two attached hydrogens (primary N) is 1. The van der Waals surface area contributed by atoms with E-state index in [-0.39, 0.29) is 11.3 Å². The number of ether oxygens (including phenoxy) is 1. The molecule has 1 aromatic heterocycles. The van der Waals surface area contributed by atoms with E-state index in [1.54, 1.807) is 12.1 Å². The smallest absolute Gasteiger partial charge is 0.275 e. The van der Waals surface area contributed by atoms with Crippen molar-refractivity contribution >= 4 is 28.5 Å². The highest BCUT2D eigenvalue weighted by Gasteiger charge is 2.14. The second kappa shape index (κ2) is 6.33. The lowest BCUT2D eigenvalue weighted by atomic mass is 10.1. The molecule has 0 aliphatic heterocycles. The van der Waals surface area contributed by atoms with Gasteiger partial charge in [0.05, 0.1) is 30.0 Å². The summed E-state index contributed by atoms with van der Waals surface area (Å²) in [5.41, 5.74) is 7.43. The van der Waals surface area contributed by atoms with E-state index in [1.165, 1.54) is 25.4 Å². The van der Waals surface area contributed by atoms with Crippen LogP contribution in [-0.4, -0.2) is 28.9 Å². The van der Waals surface area contributed by atoms with Gasteiger partial charge < -0.3 is 15.8 Å². The zero-order valence-electron chi connectivity index (χ0n) is 12.8. The highest BCUT2D eigenvalue weighted by Crippen LogP contribution is 2.26. The van der Waals surface area contributed by atoms with Crippen LogP contribution in [-0.2, 0) is 0 Å². The standard InChI is InChI=1S/C17H14N4O3/c1-24-15-8-10(16(18)22)6-7-13(15)21-17(23)14-9-19-11-4-2-3-5-12(11)20-14/h2-9H,1H3,(H2,18,22)(H,21,23). The lowest BCUT2D eigenvalue weighted by Gasteiger charge is -2.11. The Hall–Kier alpha value is -3.48. The van der Waals surface area contributed by atoms with Crippen molar-refractivity contribution in [3.8, 4) is 5.75 Å². The van der Waals surface area contributed by atoms with Gasteiger partial charge in [0.25, 0.3) is 5.91 Å². The monoisotopic (exact) mass is 322 g/mol. The van der Waals surface area contributed by atoms with Crippen molar-refractivity contribution in [2.24, 2.45) is 5.73 Å². The summed E-state index contributed by atoms with van der Waals surface area (Å²) in [4.78, 5) is 32.1. The Kier molecular flexibility index (Phi) is 4.07. The number of hydrogen-bond acceptors (Lipinski definition) is 5. The number of anilines is 1. The molecule has 0 spiro atoms. The highest BCUT2D eigenvalue weighted by atomic mass is 16.5. The minimum absolute atomic E-state index is 0.176. The number of carbonyl (C=O) groups excluding carboxylic acids is 2. The number of fused-ring (bicyclic) bond motifs is 1. The van der Waals surface area contributed by atoms with Crippen molar-refractivity contribution < 1.29 is 14.3 Å². The molecule has 24 heavy (non-hydrogen) atoms. The normalized spacial score (nSPS) is 10.4. The Morgan fingerprint density at radius 1 is 1.12 bits per heavy atom. The van der Waals surface area contributed by atoms with Crippen LogP contribution in [0.5, 0.6) is 5.75 Å². The fourth-order valence-electron chi connectivity index (χ4n) is 2.20. The molecular weight excluding hydrogens is 308 g/mol. The number of nitrogens with one attached hydrogen (secondary N) is 1. The molecule has 3 N–H and O–H groups in total. The number of aromatic nitrogens is 2. The zero-order chi connectivity index (χ0) is 17.1. The Labute approximate surface area is 137 Å². The second-order valence-corrected chi connectivity index (χ2v) is 4.98. The Morgan fingerprint density at radius 3 is 2.58 bits per heavy atom. The second-order valence-electron chi connectivity index (χ2n) is 4.98. The predicted octanol–water partition coefficient (Wildman–Crippen LogP) is 1.99. The van der Waals surface area contributed by atoms with Gasteiger partial charge in [-0.2, -0.15) is 0 Å². The number of amides is 2. The SMILES string of the molecule is COc1cc(C(N)=O)ccc1NC(=O)c1cnc2ccccc2n1. The average molecular weight is 322 g/mol. The van der Waals surface area contributed by atoms with Crippen molar-refractivity contribution in [1.29, 1.82) is 0 Å². The van der Waals surface area contributed by atoms with Crippen molar-refractivity contribution in [2.45, 2.75) is 0 Å². The third kappa shape index (κ3) is 3.00. The van der Waals surface area contributed by atoms with Gasteiger partial charge in [-0.05, 0) is 30.3 Å². The minimum atomic E-state index is -0.577. The molecular formula is C17H14N4O3. The van der Waals surface area contributed by atoms with Gasteiger partial charge in [0.1, 0.15) is 11.4 Å². The number of benzene rings is 2. The van der Waals surface area contributed by atoms with Crippen molar-refractivity contribution in [3.05, 3.63) is 59.9 Å². The van der Waals surface area contributed by atoms with E-state index in [0.717, 1.165) is 0 Å². The molecule has 0 atom stereocenters. The third-order valence-electron chi connectivity index (χ3n) is 3.42. The summed E-state index contributed by atoms with van der Waals surface area (Å²) in [7, 11) is 1.44. The lowest BCUT2D eigenvalue weighted by molar-refractivity contribution is 0.0997. The van der Waals surface area contributed by atoms with E-state index < -0.39 is 11.8 Å². The summed E-state index contributed by atoms with van der Waals surface area (Å²) >= 11 is 0. The van der Waals surface area contributed by atoms with Crippen LogP contribution in [0.3, 0.4) is 0 Å². The van der Waals surface area contributed by atoms with Gasteiger partial charge in [0, 0.05) is 5.56 Å². The summed E-state index contributed by atoms with van der Waals surface area (Å²) < 4.78 is 5.18. The number of methoxy groups -OCH3 is 1. The van der Waals surface area contributed by atoms with E-state index in [9.17, 15) is 9.59 Å².